The minimum Gasteiger partial charge on any atom is -0.756 e. The molecule has 0 aromatic heterocycles. The molecular weight excluding hydrogens is 181 g/mol. The van der Waals surface area contributed by atoms with Crippen LogP contribution in [0.3, 0.4) is 0 Å². The van der Waals surface area contributed by atoms with E-state index in [1.54, 1.807) is 0 Å². The van der Waals surface area contributed by atoms with Gasteiger partial charge in [0.1, 0.15) is 0 Å². The number of rotatable bonds is 0. The zero-order chi connectivity index (χ0) is 8.78. The average molecular weight is 189 g/mol. The molecule has 8 N–H and O–H groups in total. The van der Waals surface area contributed by atoms with Crippen LogP contribution in [0, 0.1) is 0 Å². The summed E-state index contributed by atoms with van der Waals surface area (Å²) in [6, 6.07) is 0. The van der Waals surface area contributed by atoms with Crippen molar-refractivity contribution < 1.29 is 25.0 Å². The molecule has 0 fully saturated rings. The fraction of sp³-hybridized carbons (Fsp3) is 0. The van der Waals surface area contributed by atoms with Gasteiger partial charge in [-0.25, -0.2) is 5.84 Å². The first-order valence-electron chi connectivity index (χ1n) is 1.86. The van der Waals surface area contributed by atoms with E-state index < -0.39 is 7.82 Å². The molecule has 0 aliphatic heterocycles. The fourth-order valence-corrected chi connectivity index (χ4v) is 0. The van der Waals surface area contributed by atoms with Gasteiger partial charge in [-0.3, -0.25) is 15.7 Å². The smallest absolute Gasteiger partial charge is 0.279 e. The molecule has 0 rings (SSSR count). The first kappa shape index (κ1) is 12.6. The lowest BCUT2D eigenvalue weighted by molar-refractivity contribution is -0.215. The summed E-state index contributed by atoms with van der Waals surface area (Å²) in [6.45, 7) is 0. The number of quaternary nitrogens is 1. The van der Waals surface area contributed by atoms with Gasteiger partial charge < -0.3 is 14.7 Å². The zero-order valence-corrected chi connectivity index (χ0v) is 6.56. The maximum absolute atomic E-state index is 8.77. The Kier molecular flexibility index (Phi) is 7.15. The Hall–Kier alpha value is -0.0800. The lowest BCUT2D eigenvalue weighted by Gasteiger charge is -2.01. The Morgan fingerprint density at radius 2 is 1.90 bits per heavy atom. The summed E-state index contributed by atoms with van der Waals surface area (Å²) in [6.07, 6.45) is 0. The van der Waals surface area contributed by atoms with Gasteiger partial charge in [0.25, 0.3) is 12.9 Å². The number of hydrogen-bond donors (Lipinski definition) is 5. The lowest BCUT2D eigenvalue weighted by atomic mass is 11.2. The predicted octanol–water partition coefficient (Wildman–Crippen LogP) is -3.58. The Labute approximate surface area is 62.2 Å². The predicted molar refractivity (Wildman–Crippen MR) is 34.9 cm³/mol. The molecule has 0 heterocycles. The quantitative estimate of drug-likeness (QED) is 0.114. The average Bonchev–Trinajstić information content (AvgIpc) is 1.61. The summed E-state index contributed by atoms with van der Waals surface area (Å²) in [7, 11) is -4.89. The zero-order valence-electron chi connectivity index (χ0n) is 4.85. The lowest BCUT2D eigenvalue weighted by Crippen LogP contribution is -2.64. The van der Waals surface area contributed by atoms with Gasteiger partial charge in [0, 0.05) is 12.2 Å². The van der Waals surface area contributed by atoms with E-state index >= 15 is 0 Å². The van der Waals surface area contributed by atoms with E-state index in [2.05, 4.69) is 23.4 Å². The molecule has 0 unspecified atom stereocenters. The second-order valence-electron chi connectivity index (χ2n) is 1.06. The first-order valence-corrected chi connectivity index (χ1v) is 3.80. The van der Waals surface area contributed by atoms with Crippen molar-refractivity contribution in [3.05, 3.63) is 0 Å². The highest BCUT2D eigenvalue weighted by molar-refractivity contribution is 7.79. The van der Waals surface area contributed by atoms with Gasteiger partial charge in [-0.15, -0.1) is 0 Å². The molecule has 0 radical (unpaired) electrons. The van der Waals surface area contributed by atoms with E-state index in [0.29, 0.717) is 5.11 Å². The normalized spacial score (nSPS) is 9.30. The molecule has 0 saturated heterocycles. The van der Waals surface area contributed by atoms with Crippen LogP contribution in [0.15, 0.2) is 0 Å². The van der Waals surface area contributed by atoms with Gasteiger partial charge in [-0.2, -0.15) is 0 Å². The van der Waals surface area contributed by atoms with E-state index in [1.165, 1.54) is 0 Å². The number of thiocarbonyl (C=S) groups is 1. The van der Waals surface area contributed by atoms with Gasteiger partial charge >= 0.3 is 0 Å². The van der Waals surface area contributed by atoms with Crippen LogP contribution in [0.4, 0.5) is 0 Å². The maximum Gasteiger partial charge on any atom is 0.279 e. The van der Waals surface area contributed by atoms with Crippen molar-refractivity contribution in [2.45, 2.75) is 0 Å². The van der Waals surface area contributed by atoms with Crippen molar-refractivity contribution in [1.29, 1.82) is 0 Å². The largest absolute Gasteiger partial charge is 0.756 e. The van der Waals surface area contributed by atoms with Gasteiger partial charge in [0.05, 0.1) is 0 Å². The third kappa shape index (κ3) is 103. The van der Waals surface area contributed by atoms with Crippen LogP contribution in [-0.2, 0) is 4.57 Å². The Balaban J connectivity index is 0. The number of nitrogens with two attached hydrogens (primary N) is 1. The molecule has 0 aliphatic rings. The molecule has 0 saturated carbocycles. The third-order valence-electron chi connectivity index (χ3n) is 0.161. The summed E-state index contributed by atoms with van der Waals surface area (Å²) in [4.78, 5) is 22.9. The second kappa shape index (κ2) is 5.69. The standard InChI is InChI=1S/CH5N3S.H3O4P/c2-1(5)4-3;1-5(2,3)4/h3H2,(H3,2,4,5);(H3,1,2,3,4). The van der Waals surface area contributed by atoms with Crippen LogP contribution in [0.1, 0.15) is 0 Å². The van der Waals surface area contributed by atoms with Crippen molar-refractivity contribution >= 4 is 25.2 Å². The van der Waals surface area contributed by atoms with Gasteiger partial charge in [-0.1, -0.05) is 0 Å². The van der Waals surface area contributed by atoms with Crippen molar-refractivity contribution in [3.63, 3.8) is 0 Å². The molecule has 0 aromatic carbocycles. The number of phosphoric acid groups is 1. The topological polar surface area (TPSA) is 146 Å². The van der Waals surface area contributed by atoms with Gasteiger partial charge in [0.15, 0.2) is 0 Å². The van der Waals surface area contributed by atoms with E-state index in [4.69, 9.17) is 25.1 Å². The monoisotopic (exact) mass is 189 g/mol. The Morgan fingerprint density at radius 3 is 1.90 bits per heavy atom. The van der Waals surface area contributed by atoms with Crippen LogP contribution < -0.4 is 21.9 Å². The molecule has 7 nitrogen and oxygen atoms in total. The molecule has 0 bridgehead atoms. The fourth-order valence-electron chi connectivity index (χ4n) is 0. The van der Waals surface area contributed by atoms with Crippen LogP contribution >= 0.6 is 20.0 Å². The Bertz CT molecular complexity index is 135. The summed E-state index contributed by atoms with van der Waals surface area (Å²) in [5.74, 6) is 4.72. The van der Waals surface area contributed by atoms with Crippen molar-refractivity contribution in [2.24, 2.45) is 5.84 Å². The SMILES string of the molecule is NNC([NH3+])=S.O=P([O-])(O)O. The van der Waals surface area contributed by atoms with Crippen LogP contribution in [0.2, 0.25) is 0 Å². The highest BCUT2D eigenvalue weighted by Crippen LogP contribution is 2.18. The van der Waals surface area contributed by atoms with Gasteiger partial charge in [0.2, 0.25) is 0 Å². The van der Waals surface area contributed by atoms with E-state index in [0.717, 1.165) is 0 Å². The molecular formula is CH8N3O4PS. The molecule has 10 heavy (non-hydrogen) atoms. The molecule has 62 valence electrons. The minimum atomic E-state index is -4.89. The first-order chi connectivity index (χ1) is 4.27. The molecule has 0 aromatic rings. The highest BCUT2D eigenvalue weighted by atomic mass is 32.1. The van der Waals surface area contributed by atoms with E-state index in [9.17, 15) is 0 Å². The molecule has 9 heteroatoms. The molecule has 0 atom stereocenters. The molecule has 0 aliphatic carbocycles. The van der Waals surface area contributed by atoms with Crippen molar-refractivity contribution in [3.8, 4) is 0 Å². The summed E-state index contributed by atoms with van der Waals surface area (Å²) >= 11 is 4.35. The summed E-state index contributed by atoms with van der Waals surface area (Å²) < 4.78 is 8.77. The van der Waals surface area contributed by atoms with Crippen molar-refractivity contribution in [1.82, 2.24) is 5.43 Å². The molecule has 0 spiro atoms. The van der Waals surface area contributed by atoms with Crippen LogP contribution in [0.25, 0.3) is 0 Å². The second-order valence-corrected chi connectivity index (χ2v) is 2.53. The van der Waals surface area contributed by atoms with E-state index in [-0.39, 0.29) is 0 Å². The summed E-state index contributed by atoms with van der Waals surface area (Å²) in [5, 5.41) is 0.366. The number of hydrogen-bond acceptors (Lipinski definition) is 4. The van der Waals surface area contributed by atoms with E-state index in [1.807, 2.05) is 0 Å². The summed E-state index contributed by atoms with van der Waals surface area (Å²) in [5.41, 5.74) is 5.40. The van der Waals surface area contributed by atoms with Crippen LogP contribution in [-0.4, -0.2) is 14.9 Å². The minimum absolute atomic E-state index is 0.366. The number of hydrazine groups is 1. The molecule has 0 amide bonds. The van der Waals surface area contributed by atoms with Gasteiger partial charge in [-0.05, 0) is 0 Å². The third-order valence-corrected chi connectivity index (χ3v) is 0.279. The number of nitrogens with one attached hydrogen (secondary N) is 1. The van der Waals surface area contributed by atoms with Crippen LogP contribution in [0.5, 0.6) is 0 Å². The highest BCUT2D eigenvalue weighted by Gasteiger charge is 1.82. The van der Waals surface area contributed by atoms with Crippen molar-refractivity contribution in [2.75, 3.05) is 0 Å². The maximum atomic E-state index is 8.77. The Morgan fingerprint density at radius 1 is 1.80 bits per heavy atom.